The number of likely N-dealkylation sites (tertiary alicyclic amines) is 1. The minimum absolute atomic E-state index is 0.0229. The molecule has 1 amide bonds. The average molecular weight is 515 g/mol. The van der Waals surface area contributed by atoms with Crippen molar-refractivity contribution in [3.63, 3.8) is 0 Å². The second-order valence-corrected chi connectivity index (χ2v) is 9.30. The first kappa shape index (κ1) is 26.0. The van der Waals surface area contributed by atoms with E-state index < -0.39 is 48.5 Å². The molecule has 1 saturated heterocycles. The van der Waals surface area contributed by atoms with Crippen LogP contribution in [0.5, 0.6) is 5.88 Å². The Balaban J connectivity index is 1.42. The molecule has 3 heterocycles. The fourth-order valence-corrected chi connectivity index (χ4v) is 4.08. The summed E-state index contributed by atoms with van der Waals surface area (Å²) in [6.45, 7) is 1.73. The van der Waals surface area contributed by atoms with E-state index in [-0.39, 0.29) is 29.2 Å². The van der Waals surface area contributed by atoms with Crippen molar-refractivity contribution in [3.05, 3.63) is 46.9 Å². The third kappa shape index (κ3) is 6.56. The van der Waals surface area contributed by atoms with Crippen LogP contribution in [-0.2, 0) is 11.2 Å². The van der Waals surface area contributed by atoms with E-state index in [9.17, 15) is 32.0 Å². The van der Waals surface area contributed by atoms with E-state index in [0.717, 1.165) is 31.2 Å². The molecular formula is C23H26F5N5O3. The summed E-state index contributed by atoms with van der Waals surface area (Å²) in [6, 6.07) is 4.23. The van der Waals surface area contributed by atoms with Crippen molar-refractivity contribution in [1.29, 1.82) is 0 Å². The third-order valence-electron chi connectivity index (χ3n) is 6.44. The Morgan fingerprint density at radius 1 is 1.31 bits per heavy atom. The zero-order valence-electron chi connectivity index (χ0n) is 19.5. The van der Waals surface area contributed by atoms with E-state index in [1.165, 1.54) is 11.0 Å². The molecule has 0 spiro atoms. The number of carbonyl (C=O) groups is 1. The predicted molar refractivity (Wildman–Crippen MR) is 117 cm³/mol. The van der Waals surface area contributed by atoms with Gasteiger partial charge in [-0.2, -0.15) is 17.9 Å². The fraction of sp³-hybridized carbons (Fsp3) is 0.565. The molecule has 4 rings (SSSR count). The molecule has 0 aromatic carbocycles. The Labute approximate surface area is 204 Å². The molecule has 1 aliphatic heterocycles. The second-order valence-electron chi connectivity index (χ2n) is 9.30. The third-order valence-corrected chi connectivity index (χ3v) is 6.44. The van der Waals surface area contributed by atoms with Crippen molar-refractivity contribution in [1.82, 2.24) is 15.1 Å². The van der Waals surface area contributed by atoms with Gasteiger partial charge in [-0.25, -0.2) is 8.78 Å². The van der Waals surface area contributed by atoms with Gasteiger partial charge in [0.2, 0.25) is 17.5 Å². The number of aromatic nitrogens is 3. The molecule has 1 unspecified atom stereocenters. The molecule has 2 atom stereocenters. The lowest BCUT2D eigenvalue weighted by Crippen LogP contribution is -2.52. The molecule has 36 heavy (non-hydrogen) atoms. The average Bonchev–Trinajstić information content (AvgIpc) is 3.63. The van der Waals surface area contributed by atoms with E-state index in [1.807, 2.05) is 0 Å². The van der Waals surface area contributed by atoms with Crippen molar-refractivity contribution in [2.24, 2.45) is 5.92 Å². The number of ether oxygens (including phenoxy) is 1. The summed E-state index contributed by atoms with van der Waals surface area (Å²) < 4.78 is 73.5. The smallest absolute Gasteiger partial charge is 0.398 e. The Kier molecular flexibility index (Phi) is 7.30. The maximum absolute atomic E-state index is 14.8. The summed E-state index contributed by atoms with van der Waals surface area (Å²) in [5.74, 6) is -4.16. The molecule has 1 N–H and O–H groups in total. The Morgan fingerprint density at radius 3 is 2.69 bits per heavy atom. The lowest BCUT2D eigenvalue weighted by atomic mass is 9.86. The Morgan fingerprint density at radius 2 is 2.06 bits per heavy atom. The Bertz CT molecular complexity index is 1080. The fourth-order valence-electron chi connectivity index (χ4n) is 4.08. The van der Waals surface area contributed by atoms with E-state index >= 15 is 0 Å². The number of pyridine rings is 1. The highest BCUT2D eigenvalue weighted by Gasteiger charge is 2.47. The summed E-state index contributed by atoms with van der Waals surface area (Å²) in [5.41, 5.74) is -0.752. The van der Waals surface area contributed by atoms with Gasteiger partial charge in [-0.05, 0) is 37.3 Å². The quantitative estimate of drug-likeness (QED) is 0.329. The number of nitrogens with one attached hydrogen (secondary N) is 1. The monoisotopic (exact) mass is 515 g/mol. The number of hydrogen-bond acceptors (Lipinski definition) is 6. The van der Waals surface area contributed by atoms with Crippen LogP contribution in [0.2, 0.25) is 0 Å². The SMILES string of the molecule is CC(C(=O)Nc1ccc(OCC2CC2)nn1)N1CCC(F)(F)[C@@H](c2cc[n+]([O-])c(CC(F)(F)F)c2)C1. The molecule has 0 bridgehead atoms. The summed E-state index contributed by atoms with van der Waals surface area (Å²) in [6.07, 6.45) is -3.73. The van der Waals surface area contributed by atoms with Gasteiger partial charge in [-0.15, -0.1) is 10.2 Å². The van der Waals surface area contributed by atoms with Gasteiger partial charge in [-0.1, -0.05) is 0 Å². The van der Waals surface area contributed by atoms with Gasteiger partial charge in [0.15, 0.2) is 12.0 Å². The molecule has 13 heteroatoms. The number of carbonyl (C=O) groups excluding carboxylic acids is 1. The van der Waals surface area contributed by atoms with Crippen molar-refractivity contribution in [2.75, 3.05) is 25.0 Å². The zero-order chi connectivity index (χ0) is 26.1. The summed E-state index contributed by atoms with van der Waals surface area (Å²) in [7, 11) is 0. The standard InChI is InChI=1S/C23H26F5N5O3/c1-14(21(34)29-19-4-5-20(31-30-19)36-13-15-2-3-15)32-9-7-22(24,25)18(12-32)16-6-8-33(35)17(10-16)11-23(26,27)28/h4-6,8,10,14-15,18H,2-3,7,9,11-13H2,1H3,(H,29,30,34)/t14?,18-/m1/s1. The van der Waals surface area contributed by atoms with Gasteiger partial charge in [0, 0.05) is 37.7 Å². The summed E-state index contributed by atoms with van der Waals surface area (Å²) >= 11 is 0. The molecule has 1 saturated carbocycles. The van der Waals surface area contributed by atoms with Gasteiger partial charge in [0.05, 0.1) is 18.6 Å². The Hall–Kier alpha value is -3.09. The van der Waals surface area contributed by atoms with Crippen molar-refractivity contribution >= 4 is 11.7 Å². The first-order chi connectivity index (χ1) is 16.9. The van der Waals surface area contributed by atoms with Gasteiger partial charge in [-0.3, -0.25) is 9.69 Å². The van der Waals surface area contributed by atoms with Crippen LogP contribution in [0.4, 0.5) is 27.8 Å². The van der Waals surface area contributed by atoms with Gasteiger partial charge in [0.25, 0.3) is 5.92 Å². The van der Waals surface area contributed by atoms with Crippen molar-refractivity contribution in [3.8, 4) is 5.88 Å². The molecule has 2 aliphatic rings. The molecule has 2 fully saturated rings. The topological polar surface area (TPSA) is 94.3 Å². The van der Waals surface area contributed by atoms with Crippen molar-refractivity contribution < 1.29 is 36.2 Å². The van der Waals surface area contributed by atoms with Crippen LogP contribution in [-0.4, -0.2) is 58.8 Å². The largest absolute Gasteiger partial charge is 0.618 e. The first-order valence-electron chi connectivity index (χ1n) is 11.6. The number of anilines is 1. The number of nitrogens with zero attached hydrogens (tertiary/aromatic N) is 4. The summed E-state index contributed by atoms with van der Waals surface area (Å²) in [5, 5.41) is 22.2. The van der Waals surface area contributed by atoms with Crippen LogP contribution in [0.1, 0.15) is 43.4 Å². The second kappa shape index (κ2) is 10.1. The zero-order valence-corrected chi connectivity index (χ0v) is 19.5. The van der Waals surface area contributed by atoms with E-state index in [4.69, 9.17) is 4.74 Å². The maximum Gasteiger partial charge on any atom is 0.398 e. The van der Waals surface area contributed by atoms with Crippen molar-refractivity contribution in [2.45, 2.75) is 56.7 Å². The first-order valence-corrected chi connectivity index (χ1v) is 11.6. The minimum atomic E-state index is -4.66. The minimum Gasteiger partial charge on any atom is -0.618 e. The molecular weight excluding hydrogens is 489 g/mol. The number of rotatable bonds is 8. The highest BCUT2D eigenvalue weighted by Crippen LogP contribution is 2.41. The number of halogens is 5. The number of alkyl halides is 5. The van der Waals surface area contributed by atoms with E-state index in [2.05, 4.69) is 15.5 Å². The molecule has 2 aromatic heterocycles. The molecule has 8 nitrogen and oxygen atoms in total. The lowest BCUT2D eigenvalue weighted by molar-refractivity contribution is -0.615. The van der Waals surface area contributed by atoms with Crippen LogP contribution in [0, 0.1) is 11.1 Å². The highest BCUT2D eigenvalue weighted by atomic mass is 19.4. The number of hydrogen-bond donors (Lipinski definition) is 1. The number of amides is 1. The molecule has 0 radical (unpaired) electrons. The lowest BCUT2D eigenvalue weighted by Gasteiger charge is -2.40. The summed E-state index contributed by atoms with van der Waals surface area (Å²) in [4.78, 5) is 14.3. The van der Waals surface area contributed by atoms with Crippen LogP contribution in [0.25, 0.3) is 0 Å². The molecule has 2 aromatic rings. The van der Waals surface area contributed by atoms with Crippen LogP contribution < -0.4 is 14.8 Å². The number of piperidine rings is 1. The van der Waals surface area contributed by atoms with Crippen LogP contribution in [0.15, 0.2) is 30.5 Å². The van der Waals surface area contributed by atoms with Gasteiger partial charge >= 0.3 is 6.18 Å². The van der Waals surface area contributed by atoms with Gasteiger partial charge in [0.1, 0.15) is 6.42 Å². The normalized spacial score (nSPS) is 21.1. The predicted octanol–water partition coefficient (Wildman–Crippen LogP) is 3.46. The molecule has 1 aliphatic carbocycles. The van der Waals surface area contributed by atoms with Gasteiger partial charge < -0.3 is 15.3 Å². The highest BCUT2D eigenvalue weighted by molar-refractivity contribution is 5.93. The van der Waals surface area contributed by atoms with Crippen LogP contribution >= 0.6 is 0 Å². The van der Waals surface area contributed by atoms with E-state index in [1.54, 1.807) is 13.0 Å². The van der Waals surface area contributed by atoms with Crippen LogP contribution in [0.3, 0.4) is 0 Å². The maximum atomic E-state index is 14.8. The van der Waals surface area contributed by atoms with E-state index in [0.29, 0.717) is 18.4 Å². The molecule has 196 valence electrons.